The highest BCUT2D eigenvalue weighted by Gasteiger charge is 2.47. The minimum Gasteiger partial charge on any atom is -0.543 e. The average Bonchev–Trinajstić information content (AvgIpc) is 2.71. The lowest BCUT2D eigenvalue weighted by Crippen LogP contribution is -2.50. The van der Waals surface area contributed by atoms with Crippen molar-refractivity contribution in [2.45, 2.75) is 77.7 Å². The highest BCUT2D eigenvalue weighted by Crippen LogP contribution is 2.43. The molecule has 0 saturated heterocycles. The summed E-state index contributed by atoms with van der Waals surface area (Å²) in [6.07, 6.45) is 0.938. The molecule has 3 rings (SSSR count). The fraction of sp³-hybridized carbons (Fsp3) is 0.538. The summed E-state index contributed by atoms with van der Waals surface area (Å²) < 4.78 is 12.2. The van der Waals surface area contributed by atoms with Crippen LogP contribution in [0.25, 0.3) is 0 Å². The molecule has 0 radical (unpaired) electrons. The topological polar surface area (TPSA) is 41.9 Å². The van der Waals surface area contributed by atoms with Gasteiger partial charge in [0, 0.05) is 19.6 Å². The predicted molar refractivity (Wildman–Crippen MR) is 131 cm³/mol. The van der Waals surface area contributed by atoms with Crippen molar-refractivity contribution in [1.29, 1.82) is 0 Å². The van der Waals surface area contributed by atoms with Crippen LogP contribution in [0.1, 0.15) is 58.2 Å². The van der Waals surface area contributed by atoms with E-state index in [9.17, 15) is 5.11 Å². The van der Waals surface area contributed by atoms with E-state index in [1.54, 1.807) is 7.11 Å². The number of rotatable bonds is 8. The number of ether oxygens (including phenoxy) is 1. The van der Waals surface area contributed by atoms with Crippen molar-refractivity contribution >= 4 is 8.32 Å². The maximum absolute atomic E-state index is 10.1. The first-order valence-electron chi connectivity index (χ1n) is 11.6. The summed E-state index contributed by atoms with van der Waals surface area (Å²) >= 11 is 0. The standard InChI is InChI=1S/C26H39NO3Si/c1-18(2)31(19(3)4,20(5)6)30-24-10-8-9-21(13-24)16-27-12-11-22-14-25(28)26(29-7)15-23(22)17-27/h8-10,13-15,18-20,28H,11-12,16-17H2,1-7H3. The van der Waals surface area contributed by atoms with Crippen LogP contribution in [0.3, 0.4) is 0 Å². The summed E-state index contributed by atoms with van der Waals surface area (Å²) in [6.45, 7) is 16.7. The van der Waals surface area contributed by atoms with E-state index in [0.717, 1.165) is 31.8 Å². The summed E-state index contributed by atoms with van der Waals surface area (Å²) in [5.74, 6) is 1.80. The Kier molecular flexibility index (Phi) is 7.38. The summed E-state index contributed by atoms with van der Waals surface area (Å²) in [4.78, 5) is 2.45. The number of benzene rings is 2. The Hall–Kier alpha value is -1.98. The lowest BCUT2D eigenvalue weighted by molar-refractivity contribution is 0.244. The number of fused-ring (bicyclic) bond motifs is 1. The first kappa shape index (κ1) is 23.7. The van der Waals surface area contributed by atoms with Crippen LogP contribution in [0, 0.1) is 0 Å². The first-order chi connectivity index (χ1) is 14.7. The Balaban J connectivity index is 1.77. The molecule has 31 heavy (non-hydrogen) atoms. The van der Waals surface area contributed by atoms with Crippen molar-refractivity contribution in [2.75, 3.05) is 13.7 Å². The van der Waals surface area contributed by atoms with Gasteiger partial charge in [-0.2, -0.15) is 0 Å². The second-order valence-electron chi connectivity index (χ2n) is 9.82. The molecule has 170 valence electrons. The molecule has 0 amide bonds. The van der Waals surface area contributed by atoms with Crippen molar-refractivity contribution < 1.29 is 14.3 Å². The van der Waals surface area contributed by atoms with E-state index in [0.29, 0.717) is 22.4 Å². The molecule has 4 nitrogen and oxygen atoms in total. The molecule has 5 heteroatoms. The molecular weight excluding hydrogens is 402 g/mol. The number of hydrogen-bond acceptors (Lipinski definition) is 4. The Morgan fingerprint density at radius 1 is 0.968 bits per heavy atom. The summed E-state index contributed by atoms with van der Waals surface area (Å²) in [5, 5.41) is 10.1. The van der Waals surface area contributed by atoms with Crippen LogP contribution < -0.4 is 9.16 Å². The van der Waals surface area contributed by atoms with Crippen LogP contribution in [-0.2, 0) is 19.5 Å². The number of methoxy groups -OCH3 is 1. The first-order valence-corrected chi connectivity index (χ1v) is 13.7. The zero-order valence-corrected chi connectivity index (χ0v) is 21.2. The molecule has 0 aromatic heterocycles. The molecule has 2 aromatic carbocycles. The van der Waals surface area contributed by atoms with Gasteiger partial charge >= 0.3 is 0 Å². The Labute approximate surface area is 189 Å². The molecule has 1 N–H and O–H groups in total. The van der Waals surface area contributed by atoms with Gasteiger partial charge in [-0.25, -0.2) is 0 Å². The summed E-state index contributed by atoms with van der Waals surface area (Å²) in [7, 11) is -0.359. The number of phenols is 1. The van der Waals surface area contributed by atoms with Gasteiger partial charge in [0.1, 0.15) is 5.75 Å². The van der Waals surface area contributed by atoms with Gasteiger partial charge < -0.3 is 14.3 Å². The maximum atomic E-state index is 10.1. The van der Waals surface area contributed by atoms with Crippen molar-refractivity contribution in [2.24, 2.45) is 0 Å². The van der Waals surface area contributed by atoms with Crippen molar-refractivity contribution in [3.05, 3.63) is 53.1 Å². The second-order valence-corrected chi connectivity index (χ2v) is 15.2. The average molecular weight is 442 g/mol. The van der Waals surface area contributed by atoms with E-state index in [-0.39, 0.29) is 5.75 Å². The minimum atomic E-state index is -1.96. The number of hydrogen-bond donors (Lipinski definition) is 1. The third-order valence-electron chi connectivity index (χ3n) is 6.90. The molecule has 0 atom stereocenters. The molecule has 0 fully saturated rings. The van der Waals surface area contributed by atoms with Crippen LogP contribution in [0.5, 0.6) is 17.2 Å². The van der Waals surface area contributed by atoms with E-state index in [4.69, 9.17) is 9.16 Å². The normalized spacial score (nSPS) is 14.9. The van der Waals surface area contributed by atoms with E-state index in [2.05, 4.69) is 70.7 Å². The summed E-state index contributed by atoms with van der Waals surface area (Å²) in [5.41, 5.74) is 5.40. The van der Waals surface area contributed by atoms with Gasteiger partial charge in [0.25, 0.3) is 8.32 Å². The second kappa shape index (κ2) is 9.66. The van der Waals surface area contributed by atoms with Gasteiger partial charge in [-0.1, -0.05) is 53.7 Å². The van der Waals surface area contributed by atoms with Crippen LogP contribution in [-0.4, -0.2) is 32.0 Å². The van der Waals surface area contributed by atoms with E-state index >= 15 is 0 Å². The van der Waals surface area contributed by atoms with Crippen LogP contribution in [0.4, 0.5) is 0 Å². The smallest absolute Gasteiger partial charge is 0.258 e. The molecule has 0 bridgehead atoms. The molecule has 2 aromatic rings. The van der Waals surface area contributed by atoms with E-state index in [1.807, 2.05) is 12.1 Å². The van der Waals surface area contributed by atoms with Gasteiger partial charge in [-0.3, -0.25) is 4.90 Å². The third-order valence-corrected chi connectivity index (χ3v) is 12.9. The zero-order valence-electron chi connectivity index (χ0n) is 20.2. The van der Waals surface area contributed by atoms with E-state index in [1.165, 1.54) is 16.7 Å². The number of nitrogens with zero attached hydrogens (tertiary/aromatic N) is 1. The quantitative estimate of drug-likeness (QED) is 0.474. The molecule has 0 spiro atoms. The van der Waals surface area contributed by atoms with Crippen LogP contribution in [0.15, 0.2) is 36.4 Å². The largest absolute Gasteiger partial charge is 0.543 e. The molecular formula is C26H39NO3Si. The Morgan fingerprint density at radius 2 is 1.65 bits per heavy atom. The van der Waals surface area contributed by atoms with Gasteiger partial charge in [0.05, 0.1) is 7.11 Å². The van der Waals surface area contributed by atoms with Gasteiger partial charge in [0.15, 0.2) is 11.5 Å². The fourth-order valence-corrected chi connectivity index (χ4v) is 10.7. The van der Waals surface area contributed by atoms with E-state index < -0.39 is 8.32 Å². The molecule has 0 aliphatic carbocycles. The highest BCUT2D eigenvalue weighted by atomic mass is 28.4. The minimum absolute atomic E-state index is 0.229. The lowest BCUT2D eigenvalue weighted by atomic mass is 9.98. The third kappa shape index (κ3) is 4.93. The molecule has 0 unspecified atom stereocenters. The van der Waals surface area contributed by atoms with Gasteiger partial charge in [-0.15, -0.1) is 0 Å². The van der Waals surface area contributed by atoms with Gasteiger partial charge in [-0.05, 0) is 64.0 Å². The van der Waals surface area contributed by atoms with Crippen LogP contribution >= 0.6 is 0 Å². The van der Waals surface area contributed by atoms with Crippen molar-refractivity contribution in [3.63, 3.8) is 0 Å². The Bertz CT molecular complexity index is 872. The number of aromatic hydroxyl groups is 1. The maximum Gasteiger partial charge on any atom is 0.258 e. The lowest BCUT2D eigenvalue weighted by Gasteiger charge is -2.42. The highest BCUT2D eigenvalue weighted by molar-refractivity contribution is 6.78. The molecule has 1 aliphatic rings. The zero-order chi connectivity index (χ0) is 22.8. The predicted octanol–water partition coefficient (Wildman–Crippen LogP) is 6.51. The molecule has 1 heterocycles. The molecule has 1 aliphatic heterocycles. The van der Waals surface area contributed by atoms with Crippen molar-refractivity contribution in [1.82, 2.24) is 4.90 Å². The SMILES string of the molecule is COc1cc2c(cc1O)CCN(Cc1cccc(O[Si](C(C)C)(C(C)C)C(C)C)c1)C2. The van der Waals surface area contributed by atoms with Gasteiger partial charge in [0.2, 0.25) is 0 Å². The summed E-state index contributed by atoms with van der Waals surface area (Å²) in [6, 6.07) is 12.5. The number of phenolic OH excluding ortho intramolecular Hbond substituents is 1. The monoisotopic (exact) mass is 441 g/mol. The molecule has 0 saturated carbocycles. The van der Waals surface area contributed by atoms with Crippen LogP contribution in [0.2, 0.25) is 16.6 Å². The Morgan fingerprint density at radius 3 is 2.26 bits per heavy atom. The van der Waals surface area contributed by atoms with Crippen molar-refractivity contribution in [3.8, 4) is 17.2 Å². The fourth-order valence-electron chi connectivity index (χ4n) is 5.45.